The fourth-order valence-electron chi connectivity index (χ4n) is 0. The van der Waals surface area contributed by atoms with Gasteiger partial charge in [-0.2, -0.15) is 12.5 Å². The van der Waals surface area contributed by atoms with E-state index in [1.165, 1.54) is 0 Å². The first-order valence-electron chi connectivity index (χ1n) is 0.816. The van der Waals surface area contributed by atoms with Crippen molar-refractivity contribution in [1.82, 2.24) is 0 Å². The first-order chi connectivity index (χ1) is 2.00. The van der Waals surface area contributed by atoms with Crippen LogP contribution in [0.5, 0.6) is 0 Å². The summed E-state index contributed by atoms with van der Waals surface area (Å²) in [6.07, 6.45) is 3.17. The van der Waals surface area contributed by atoms with Crippen LogP contribution in [0.15, 0.2) is 0 Å². The van der Waals surface area contributed by atoms with E-state index in [9.17, 15) is 0 Å². The van der Waals surface area contributed by atoms with Gasteiger partial charge in [-0.3, -0.25) is 0 Å². The Bertz CT molecular complexity index is 22.6. The van der Waals surface area contributed by atoms with Gasteiger partial charge in [-0.05, 0) is 0 Å². The van der Waals surface area contributed by atoms with E-state index in [4.69, 9.17) is 0 Å². The zero-order chi connectivity index (χ0) is 4.00. The fraction of sp³-hybridized carbons (Fsp3) is 0.500. The number of rotatable bonds is 0. The SMILES string of the molecule is C[S-].C[S-].[CH3-].[CH3-].[Cu+2].[Cu].[Mo+2].[SH-].[SH-].[SH-].[SH-]. The van der Waals surface area contributed by atoms with Gasteiger partial charge in [0.25, 0.3) is 0 Å². The summed E-state index contributed by atoms with van der Waals surface area (Å²) >= 11 is 8.17. The van der Waals surface area contributed by atoms with Gasteiger partial charge in [0.2, 0.25) is 0 Å². The molecule has 0 N–H and O–H groups in total. The van der Waals surface area contributed by atoms with Gasteiger partial charge in [-0.25, -0.2) is 0 Å². The summed E-state index contributed by atoms with van der Waals surface area (Å²) in [4.78, 5) is 0. The molecule has 2 radical (unpaired) electrons. The van der Waals surface area contributed by atoms with Crippen molar-refractivity contribution in [3.05, 3.63) is 14.9 Å². The topological polar surface area (TPSA) is 0 Å². The molecule has 0 aliphatic carbocycles. The normalized spacial score (nSPS) is 0.923. The van der Waals surface area contributed by atoms with Crippen molar-refractivity contribution in [2.45, 2.75) is 0 Å². The van der Waals surface area contributed by atoms with E-state index in [0.717, 1.165) is 0 Å². The molecule has 0 unspecified atom stereocenters. The minimum absolute atomic E-state index is 0. The van der Waals surface area contributed by atoms with Gasteiger partial charge < -0.3 is 94.1 Å². The molecule has 0 aliphatic heterocycles. The predicted molar refractivity (Wildman–Crippen MR) is 74.4 cm³/mol. The van der Waals surface area contributed by atoms with Crippen molar-refractivity contribution in [2.75, 3.05) is 12.5 Å². The van der Waals surface area contributed by atoms with E-state index >= 15 is 0 Å². The van der Waals surface area contributed by atoms with E-state index in [2.05, 4.69) is 25.3 Å². The molecule has 0 amide bonds. The molecular formula is C4H16Cu2MoS6-4. The van der Waals surface area contributed by atoms with Crippen LogP contribution in [0, 0.1) is 14.9 Å². The molecule has 0 rings (SSSR count). The maximum Gasteiger partial charge on any atom is 2.00 e. The molecule has 0 bridgehead atoms. The molecule has 0 atom stereocenters. The Labute approximate surface area is 160 Å². The van der Waals surface area contributed by atoms with Crippen molar-refractivity contribution in [3.8, 4) is 0 Å². The van der Waals surface area contributed by atoms with Gasteiger partial charge in [-0.1, -0.05) is 0 Å². The summed E-state index contributed by atoms with van der Waals surface area (Å²) < 4.78 is 0. The number of thiol groups is 4. The molecule has 0 heterocycles. The van der Waals surface area contributed by atoms with Crippen LogP contribution in [0.1, 0.15) is 0 Å². The molecule has 0 aromatic heterocycles. The third-order valence-electron chi connectivity index (χ3n) is 0. The van der Waals surface area contributed by atoms with Crippen LogP contribution in [0.25, 0.3) is 0 Å². The Morgan fingerprint density at radius 1 is 0.615 bits per heavy atom. The predicted octanol–water partition coefficient (Wildman–Crippen LogP) is 0.139. The maximum absolute atomic E-state index is 4.08. The van der Waals surface area contributed by atoms with Crippen LogP contribution in [0.2, 0.25) is 0 Å². The Hall–Kier alpha value is 3.83. The van der Waals surface area contributed by atoms with Crippen LogP contribution in [-0.2, 0) is 134 Å². The van der Waals surface area contributed by atoms with E-state index < -0.39 is 0 Å². The third kappa shape index (κ3) is 207. The fourth-order valence-corrected chi connectivity index (χ4v) is 0. The number of hydrogen-bond acceptors (Lipinski definition) is 6. The van der Waals surface area contributed by atoms with Gasteiger partial charge in [0.05, 0.1) is 0 Å². The summed E-state index contributed by atoms with van der Waals surface area (Å²) in [5.74, 6) is 0. The molecule has 9 heteroatoms. The Morgan fingerprint density at radius 2 is 0.615 bits per heavy atom. The van der Waals surface area contributed by atoms with Gasteiger partial charge in [-0.15, -0.1) is 0 Å². The van der Waals surface area contributed by atoms with Crippen LogP contribution in [-0.4, -0.2) is 12.5 Å². The summed E-state index contributed by atoms with van der Waals surface area (Å²) in [5, 5.41) is 0. The molecule has 100 valence electrons. The second-order valence-corrected chi connectivity index (χ2v) is 0. The zero-order valence-corrected chi connectivity index (χ0v) is 16.7. The quantitative estimate of drug-likeness (QED) is 0.208. The first kappa shape index (κ1) is 124. The van der Waals surface area contributed by atoms with Crippen molar-refractivity contribution in [3.63, 3.8) is 0 Å². The van der Waals surface area contributed by atoms with Crippen molar-refractivity contribution in [1.29, 1.82) is 0 Å². The Morgan fingerprint density at radius 3 is 0.615 bits per heavy atom. The summed E-state index contributed by atoms with van der Waals surface area (Å²) in [6, 6.07) is 0. The Balaban J connectivity index is -0.000000000404. The first-order valence-corrected chi connectivity index (χ1v) is 2.45. The number of hydrogen-bond donors (Lipinski definition) is 0. The van der Waals surface area contributed by atoms with Crippen LogP contribution >= 0.6 is 0 Å². The largest absolute Gasteiger partial charge is 2.00 e. The summed E-state index contributed by atoms with van der Waals surface area (Å²) in [6.45, 7) is 0. The van der Waals surface area contributed by atoms with Gasteiger partial charge >= 0.3 is 38.1 Å². The maximum atomic E-state index is 4.08. The third-order valence-corrected chi connectivity index (χ3v) is 0. The molecule has 0 aromatic rings. The summed E-state index contributed by atoms with van der Waals surface area (Å²) in [7, 11) is 0. The van der Waals surface area contributed by atoms with Gasteiger partial charge in [0, 0.05) is 17.1 Å². The molecule has 0 aliphatic rings. The molecule has 13 heavy (non-hydrogen) atoms. The average molecular weight is 480 g/mol. The van der Waals surface area contributed by atoms with E-state index in [1.807, 2.05) is 0 Å². The van der Waals surface area contributed by atoms with Crippen LogP contribution in [0.4, 0.5) is 0 Å². The molecule has 0 saturated heterocycles. The van der Waals surface area contributed by atoms with Crippen molar-refractivity contribution < 1.29 is 55.2 Å². The molecule has 0 saturated carbocycles. The molecule has 0 nitrogen and oxygen atoms in total. The minimum atomic E-state index is 0. The van der Waals surface area contributed by atoms with E-state index in [-0.39, 0.29) is 124 Å². The van der Waals surface area contributed by atoms with E-state index in [1.54, 1.807) is 12.5 Å². The second kappa shape index (κ2) is 238. The van der Waals surface area contributed by atoms with Gasteiger partial charge in [0.15, 0.2) is 0 Å². The second-order valence-electron chi connectivity index (χ2n) is 0. The minimum Gasteiger partial charge on any atom is -0.813 e. The average Bonchev–Trinajstić information content (AvgIpc) is 1.50. The molecule has 0 fully saturated rings. The van der Waals surface area contributed by atoms with Crippen LogP contribution in [0.3, 0.4) is 0 Å². The monoisotopic (exact) mass is 480 g/mol. The zero-order valence-electron chi connectivity index (χ0n) is 7.62. The molecule has 0 aromatic carbocycles. The Kier molecular flexibility index (Phi) is 2270. The standard InChI is InChI=1S/2CH4S.2CH3.2Cu.Mo.4H2S/c2*1-2;;;;;;;;;/h2*2H,1H3;2*1H3;;;;4*1H2/q;;2*-1;;2*+2;;;;/p-6. The summed E-state index contributed by atoms with van der Waals surface area (Å²) in [5.41, 5.74) is 0. The molecular weight excluding hydrogens is 463 g/mol. The van der Waals surface area contributed by atoms with Crippen molar-refractivity contribution in [2.24, 2.45) is 0 Å². The van der Waals surface area contributed by atoms with Crippen LogP contribution < -0.4 is 0 Å². The van der Waals surface area contributed by atoms with E-state index in [0.29, 0.717) is 0 Å². The van der Waals surface area contributed by atoms with Crippen molar-refractivity contribution >= 4 is 79.2 Å². The smallest absolute Gasteiger partial charge is 0.813 e. The molecule has 0 spiro atoms. The van der Waals surface area contributed by atoms with Gasteiger partial charge in [0.1, 0.15) is 0 Å².